The second-order valence-corrected chi connectivity index (χ2v) is 6.98. The maximum atomic E-state index is 6.15. The Morgan fingerprint density at radius 3 is 2.61 bits per heavy atom. The molecule has 0 radical (unpaired) electrons. The predicted molar refractivity (Wildman–Crippen MR) is 75.6 cm³/mol. The van der Waals surface area contributed by atoms with Crippen LogP contribution in [0.3, 0.4) is 0 Å². The predicted octanol–water partition coefficient (Wildman–Crippen LogP) is 1.67. The normalized spacial score (nSPS) is 34.0. The van der Waals surface area contributed by atoms with E-state index in [9.17, 15) is 0 Å². The van der Waals surface area contributed by atoms with Crippen molar-refractivity contribution in [3.63, 3.8) is 0 Å². The average molecular weight is 251 g/mol. The zero-order valence-electron chi connectivity index (χ0n) is 11.9. The van der Waals surface area contributed by atoms with Crippen molar-refractivity contribution in [1.29, 1.82) is 0 Å². The van der Waals surface area contributed by atoms with Crippen LogP contribution in [0.25, 0.3) is 0 Å². The van der Waals surface area contributed by atoms with Gasteiger partial charge in [0.15, 0.2) is 0 Å². The molecule has 1 aliphatic carbocycles. The first-order chi connectivity index (χ1) is 8.71. The van der Waals surface area contributed by atoms with Crippen LogP contribution in [0.5, 0.6) is 0 Å². The van der Waals surface area contributed by atoms with E-state index in [1.54, 1.807) is 0 Å². The maximum absolute atomic E-state index is 6.15. The molecule has 0 bridgehead atoms. The Bertz CT molecular complexity index is 289. The molecular weight excluding hydrogens is 222 g/mol. The van der Waals surface area contributed by atoms with Gasteiger partial charge in [-0.05, 0) is 38.6 Å². The minimum atomic E-state index is 0.264. The first kappa shape index (κ1) is 12.9. The van der Waals surface area contributed by atoms with E-state index in [0.29, 0.717) is 0 Å². The Labute approximate surface area is 112 Å². The summed E-state index contributed by atoms with van der Waals surface area (Å²) in [5.41, 5.74) is 6.41. The monoisotopic (exact) mass is 251 g/mol. The van der Waals surface area contributed by atoms with Crippen molar-refractivity contribution >= 4 is 0 Å². The summed E-state index contributed by atoms with van der Waals surface area (Å²) in [6, 6.07) is 0.825. The molecule has 2 N–H and O–H groups in total. The van der Waals surface area contributed by atoms with Crippen LogP contribution in [0.2, 0.25) is 0 Å². The summed E-state index contributed by atoms with van der Waals surface area (Å²) in [6.45, 7) is 8.34. The first-order valence-corrected chi connectivity index (χ1v) is 7.90. The van der Waals surface area contributed by atoms with Gasteiger partial charge in [-0.15, -0.1) is 0 Å². The summed E-state index contributed by atoms with van der Waals surface area (Å²) in [7, 11) is 0. The first-order valence-electron chi connectivity index (χ1n) is 7.90. The Kier molecular flexibility index (Phi) is 3.65. The van der Waals surface area contributed by atoms with E-state index in [0.717, 1.165) is 18.5 Å². The van der Waals surface area contributed by atoms with Gasteiger partial charge in [-0.25, -0.2) is 0 Å². The zero-order valence-corrected chi connectivity index (χ0v) is 11.9. The van der Waals surface area contributed by atoms with Gasteiger partial charge in [0.2, 0.25) is 0 Å². The van der Waals surface area contributed by atoms with Gasteiger partial charge in [-0.1, -0.05) is 19.3 Å². The Hall–Kier alpha value is -0.120. The molecule has 3 rings (SSSR count). The van der Waals surface area contributed by atoms with Crippen LogP contribution < -0.4 is 5.73 Å². The summed E-state index contributed by atoms with van der Waals surface area (Å²) < 4.78 is 0. The molecule has 3 fully saturated rings. The molecule has 1 saturated carbocycles. The van der Waals surface area contributed by atoms with Crippen molar-refractivity contribution in [3.05, 3.63) is 0 Å². The molecule has 2 atom stereocenters. The second-order valence-electron chi connectivity index (χ2n) is 6.98. The minimum absolute atomic E-state index is 0.264. The van der Waals surface area contributed by atoms with Crippen LogP contribution in [-0.2, 0) is 0 Å². The average Bonchev–Trinajstić information content (AvgIpc) is 2.80. The topological polar surface area (TPSA) is 32.5 Å². The molecule has 0 aromatic heterocycles. The molecule has 3 aliphatic rings. The molecule has 2 aliphatic heterocycles. The lowest BCUT2D eigenvalue weighted by Crippen LogP contribution is -2.61. The van der Waals surface area contributed by atoms with E-state index in [1.165, 1.54) is 64.7 Å². The van der Waals surface area contributed by atoms with Crippen LogP contribution in [0.4, 0.5) is 0 Å². The van der Waals surface area contributed by atoms with Crippen LogP contribution >= 0.6 is 0 Å². The minimum Gasteiger partial charge on any atom is -0.329 e. The highest BCUT2D eigenvalue weighted by molar-refractivity contribution is 4.97. The highest BCUT2D eigenvalue weighted by Crippen LogP contribution is 2.37. The van der Waals surface area contributed by atoms with Gasteiger partial charge in [0, 0.05) is 37.8 Å². The van der Waals surface area contributed by atoms with Crippen molar-refractivity contribution in [3.8, 4) is 0 Å². The fourth-order valence-corrected chi connectivity index (χ4v) is 4.14. The fraction of sp³-hybridized carbons (Fsp3) is 1.00. The van der Waals surface area contributed by atoms with Gasteiger partial charge in [0.05, 0.1) is 0 Å². The Balaban J connectivity index is 1.63. The molecule has 18 heavy (non-hydrogen) atoms. The number of hydrogen-bond donors (Lipinski definition) is 1. The number of hydrogen-bond acceptors (Lipinski definition) is 3. The quantitative estimate of drug-likeness (QED) is 0.825. The standard InChI is InChI=1S/C15H29N3/c1-15(12-16,10-13-4-2-5-13)18-9-8-17-7-3-6-14(17)11-18/h13-14H,2-12,16H2,1H3. The molecule has 0 aromatic carbocycles. The van der Waals surface area contributed by atoms with Crippen LogP contribution in [0.15, 0.2) is 0 Å². The molecule has 2 saturated heterocycles. The molecule has 2 unspecified atom stereocenters. The summed E-state index contributed by atoms with van der Waals surface area (Å²) in [5.74, 6) is 0.958. The summed E-state index contributed by atoms with van der Waals surface area (Å²) in [4.78, 5) is 5.41. The van der Waals surface area contributed by atoms with Gasteiger partial charge in [-0.3, -0.25) is 9.80 Å². The van der Waals surface area contributed by atoms with Crippen LogP contribution in [0, 0.1) is 5.92 Å². The summed E-state index contributed by atoms with van der Waals surface area (Å²) in [6.07, 6.45) is 8.47. The fourth-order valence-electron chi connectivity index (χ4n) is 4.14. The van der Waals surface area contributed by atoms with E-state index in [-0.39, 0.29) is 5.54 Å². The molecule has 0 spiro atoms. The highest BCUT2D eigenvalue weighted by atomic mass is 15.3. The van der Waals surface area contributed by atoms with E-state index in [2.05, 4.69) is 16.7 Å². The smallest absolute Gasteiger partial charge is 0.0307 e. The van der Waals surface area contributed by atoms with E-state index >= 15 is 0 Å². The Morgan fingerprint density at radius 1 is 1.11 bits per heavy atom. The van der Waals surface area contributed by atoms with Gasteiger partial charge in [-0.2, -0.15) is 0 Å². The Morgan fingerprint density at radius 2 is 1.94 bits per heavy atom. The van der Waals surface area contributed by atoms with Gasteiger partial charge in [0.25, 0.3) is 0 Å². The van der Waals surface area contributed by atoms with Crippen molar-refractivity contribution in [2.45, 2.75) is 57.0 Å². The zero-order chi connectivity index (χ0) is 12.6. The molecule has 3 nitrogen and oxygen atoms in total. The van der Waals surface area contributed by atoms with E-state index in [1.807, 2.05) is 0 Å². The maximum Gasteiger partial charge on any atom is 0.0307 e. The van der Waals surface area contributed by atoms with Crippen molar-refractivity contribution < 1.29 is 0 Å². The van der Waals surface area contributed by atoms with Crippen molar-refractivity contribution in [1.82, 2.24) is 9.80 Å². The second kappa shape index (κ2) is 5.10. The molecule has 0 amide bonds. The molecule has 0 aromatic rings. The van der Waals surface area contributed by atoms with E-state index < -0.39 is 0 Å². The third-order valence-electron chi connectivity index (χ3n) is 5.74. The molecular formula is C15H29N3. The number of piperazine rings is 1. The summed E-state index contributed by atoms with van der Waals surface area (Å²) in [5, 5.41) is 0. The van der Waals surface area contributed by atoms with Gasteiger partial charge >= 0.3 is 0 Å². The lowest BCUT2D eigenvalue weighted by molar-refractivity contribution is 0.00740. The molecule has 2 heterocycles. The third-order valence-corrected chi connectivity index (χ3v) is 5.74. The van der Waals surface area contributed by atoms with Crippen LogP contribution in [0.1, 0.15) is 45.4 Å². The number of nitrogens with zero attached hydrogens (tertiary/aromatic N) is 2. The van der Waals surface area contributed by atoms with Crippen molar-refractivity contribution in [2.75, 3.05) is 32.7 Å². The van der Waals surface area contributed by atoms with Gasteiger partial charge < -0.3 is 5.73 Å². The number of rotatable bonds is 4. The van der Waals surface area contributed by atoms with Gasteiger partial charge in [0.1, 0.15) is 0 Å². The molecule has 3 heteroatoms. The summed E-state index contributed by atoms with van der Waals surface area (Å²) >= 11 is 0. The lowest BCUT2D eigenvalue weighted by Gasteiger charge is -2.49. The third kappa shape index (κ3) is 2.33. The number of fused-ring (bicyclic) bond motifs is 1. The SMILES string of the molecule is CC(CN)(CC1CCC1)N1CCN2CCCC2C1. The van der Waals surface area contributed by atoms with E-state index in [4.69, 9.17) is 5.73 Å². The van der Waals surface area contributed by atoms with Crippen LogP contribution in [-0.4, -0.2) is 54.1 Å². The highest BCUT2D eigenvalue weighted by Gasteiger charge is 2.40. The largest absolute Gasteiger partial charge is 0.329 e. The van der Waals surface area contributed by atoms with Crippen molar-refractivity contribution in [2.24, 2.45) is 11.7 Å². The molecule has 104 valence electrons. The lowest BCUT2D eigenvalue weighted by atomic mass is 9.75. The number of nitrogens with two attached hydrogens (primary N) is 1.